The van der Waals surface area contributed by atoms with Gasteiger partial charge in [0.2, 0.25) is 0 Å². The van der Waals surface area contributed by atoms with Crippen LogP contribution in [-0.4, -0.2) is 6.54 Å². The molecule has 0 fully saturated rings. The van der Waals surface area contributed by atoms with Crippen LogP contribution in [0, 0.1) is 0 Å². The fourth-order valence-electron chi connectivity index (χ4n) is 1.35. The first-order valence-corrected chi connectivity index (χ1v) is 5.52. The Morgan fingerprint density at radius 3 is 2.64 bits per heavy atom. The normalized spacial score (nSPS) is 10.9. The van der Waals surface area contributed by atoms with E-state index in [1.54, 1.807) is 0 Å². The van der Waals surface area contributed by atoms with E-state index in [0.29, 0.717) is 5.92 Å². The van der Waals surface area contributed by atoms with Crippen molar-refractivity contribution in [1.82, 2.24) is 5.32 Å². The second kappa shape index (κ2) is 5.38. The second-order valence-electron chi connectivity index (χ2n) is 3.79. The van der Waals surface area contributed by atoms with E-state index < -0.39 is 0 Å². The number of benzene rings is 1. The van der Waals surface area contributed by atoms with Crippen LogP contribution in [0.4, 0.5) is 0 Å². The van der Waals surface area contributed by atoms with Gasteiger partial charge in [0, 0.05) is 11.6 Å². The van der Waals surface area contributed by atoms with Crippen molar-refractivity contribution in [2.24, 2.45) is 0 Å². The van der Waals surface area contributed by atoms with Crippen LogP contribution < -0.4 is 5.32 Å². The lowest BCUT2D eigenvalue weighted by Crippen LogP contribution is -2.12. The Morgan fingerprint density at radius 1 is 1.36 bits per heavy atom. The van der Waals surface area contributed by atoms with Gasteiger partial charge in [-0.05, 0) is 29.7 Å². The third kappa shape index (κ3) is 3.00. The van der Waals surface area contributed by atoms with Crippen molar-refractivity contribution in [3.8, 4) is 0 Å². The van der Waals surface area contributed by atoms with Gasteiger partial charge in [0.25, 0.3) is 0 Å². The van der Waals surface area contributed by atoms with Crippen LogP contribution in [0.2, 0.25) is 5.02 Å². The zero-order chi connectivity index (χ0) is 10.6. The molecule has 0 aromatic heterocycles. The standard InChI is InChI=1S/C12H18ClN/c1-4-14-8-11-7-10(9(2)3)5-6-12(11)13/h5-7,9,14H,4,8H2,1-3H3. The number of hydrogen-bond acceptors (Lipinski definition) is 1. The van der Waals surface area contributed by atoms with E-state index in [1.807, 2.05) is 6.07 Å². The van der Waals surface area contributed by atoms with Crippen molar-refractivity contribution in [1.29, 1.82) is 0 Å². The molecule has 78 valence electrons. The molecule has 1 rings (SSSR count). The molecule has 1 N–H and O–H groups in total. The third-order valence-electron chi connectivity index (χ3n) is 2.30. The predicted octanol–water partition coefficient (Wildman–Crippen LogP) is 3.57. The molecular formula is C12H18ClN. The second-order valence-corrected chi connectivity index (χ2v) is 4.19. The highest BCUT2D eigenvalue weighted by Gasteiger charge is 2.04. The van der Waals surface area contributed by atoms with Crippen LogP contribution >= 0.6 is 11.6 Å². The quantitative estimate of drug-likeness (QED) is 0.803. The molecule has 0 aliphatic rings. The molecule has 0 aliphatic carbocycles. The average molecular weight is 212 g/mol. The molecule has 0 radical (unpaired) electrons. The van der Waals surface area contributed by atoms with E-state index in [9.17, 15) is 0 Å². The SMILES string of the molecule is CCNCc1cc(C(C)C)ccc1Cl. The van der Waals surface area contributed by atoms with Crippen molar-refractivity contribution < 1.29 is 0 Å². The molecule has 0 bridgehead atoms. The Labute approximate surface area is 91.5 Å². The van der Waals surface area contributed by atoms with Crippen molar-refractivity contribution in [3.05, 3.63) is 34.3 Å². The minimum atomic E-state index is 0.563. The topological polar surface area (TPSA) is 12.0 Å². The summed E-state index contributed by atoms with van der Waals surface area (Å²) in [5.74, 6) is 0.563. The van der Waals surface area contributed by atoms with Gasteiger partial charge in [0.1, 0.15) is 0 Å². The fourth-order valence-corrected chi connectivity index (χ4v) is 1.53. The van der Waals surface area contributed by atoms with Gasteiger partial charge in [0.15, 0.2) is 0 Å². The number of halogens is 1. The molecule has 14 heavy (non-hydrogen) atoms. The molecular weight excluding hydrogens is 194 g/mol. The van der Waals surface area contributed by atoms with E-state index in [0.717, 1.165) is 18.1 Å². The van der Waals surface area contributed by atoms with E-state index in [4.69, 9.17) is 11.6 Å². The molecule has 1 aromatic carbocycles. The van der Waals surface area contributed by atoms with Gasteiger partial charge in [0.05, 0.1) is 0 Å². The van der Waals surface area contributed by atoms with E-state index in [2.05, 4.69) is 38.2 Å². The molecule has 1 nitrogen and oxygen atoms in total. The summed E-state index contributed by atoms with van der Waals surface area (Å²) in [5, 5.41) is 4.14. The highest BCUT2D eigenvalue weighted by molar-refractivity contribution is 6.31. The van der Waals surface area contributed by atoms with Gasteiger partial charge >= 0.3 is 0 Å². The Balaban J connectivity index is 2.85. The first kappa shape index (κ1) is 11.5. The van der Waals surface area contributed by atoms with Crippen LogP contribution in [0.3, 0.4) is 0 Å². The highest BCUT2D eigenvalue weighted by Crippen LogP contribution is 2.22. The van der Waals surface area contributed by atoms with Crippen molar-refractivity contribution in [3.63, 3.8) is 0 Å². The maximum atomic E-state index is 6.10. The van der Waals surface area contributed by atoms with E-state index in [1.165, 1.54) is 11.1 Å². The summed E-state index contributed by atoms with van der Waals surface area (Å²) in [7, 11) is 0. The summed E-state index contributed by atoms with van der Waals surface area (Å²) in [6.45, 7) is 8.32. The van der Waals surface area contributed by atoms with Gasteiger partial charge in [-0.1, -0.05) is 44.5 Å². The van der Waals surface area contributed by atoms with E-state index >= 15 is 0 Å². The molecule has 0 amide bonds. The summed E-state index contributed by atoms with van der Waals surface area (Å²) in [6, 6.07) is 6.28. The number of rotatable bonds is 4. The largest absolute Gasteiger partial charge is 0.313 e. The summed E-state index contributed by atoms with van der Waals surface area (Å²) in [6.07, 6.45) is 0. The zero-order valence-electron chi connectivity index (χ0n) is 9.10. The van der Waals surface area contributed by atoms with Crippen LogP contribution in [-0.2, 0) is 6.54 Å². The zero-order valence-corrected chi connectivity index (χ0v) is 9.86. The summed E-state index contributed by atoms with van der Waals surface area (Å²) in [4.78, 5) is 0. The molecule has 0 spiro atoms. The Morgan fingerprint density at radius 2 is 2.07 bits per heavy atom. The summed E-state index contributed by atoms with van der Waals surface area (Å²) in [5.41, 5.74) is 2.54. The summed E-state index contributed by atoms with van der Waals surface area (Å²) < 4.78 is 0. The van der Waals surface area contributed by atoms with Gasteiger partial charge < -0.3 is 5.32 Å². The Kier molecular flexibility index (Phi) is 4.43. The molecule has 0 saturated carbocycles. The monoisotopic (exact) mass is 211 g/mol. The molecule has 1 aromatic rings. The van der Waals surface area contributed by atoms with Crippen LogP contribution in [0.5, 0.6) is 0 Å². The highest BCUT2D eigenvalue weighted by atomic mass is 35.5. The molecule has 0 unspecified atom stereocenters. The number of hydrogen-bond donors (Lipinski definition) is 1. The number of nitrogens with one attached hydrogen (secondary N) is 1. The molecule has 0 saturated heterocycles. The lowest BCUT2D eigenvalue weighted by Gasteiger charge is -2.10. The lowest BCUT2D eigenvalue weighted by molar-refractivity contribution is 0.724. The Bertz CT molecular complexity index is 294. The first-order chi connectivity index (χ1) is 6.65. The maximum absolute atomic E-state index is 6.10. The van der Waals surface area contributed by atoms with Crippen LogP contribution in [0.1, 0.15) is 37.8 Å². The van der Waals surface area contributed by atoms with Gasteiger partial charge in [-0.3, -0.25) is 0 Å². The lowest BCUT2D eigenvalue weighted by atomic mass is 10.0. The fraction of sp³-hybridized carbons (Fsp3) is 0.500. The minimum Gasteiger partial charge on any atom is -0.313 e. The first-order valence-electron chi connectivity index (χ1n) is 5.14. The smallest absolute Gasteiger partial charge is 0.0451 e. The van der Waals surface area contributed by atoms with Crippen molar-refractivity contribution in [2.75, 3.05) is 6.54 Å². The average Bonchev–Trinajstić information content (AvgIpc) is 2.16. The predicted molar refractivity (Wildman–Crippen MR) is 62.9 cm³/mol. The van der Waals surface area contributed by atoms with E-state index in [-0.39, 0.29) is 0 Å². The minimum absolute atomic E-state index is 0.563. The maximum Gasteiger partial charge on any atom is 0.0451 e. The van der Waals surface area contributed by atoms with Crippen molar-refractivity contribution in [2.45, 2.75) is 33.2 Å². The van der Waals surface area contributed by atoms with Gasteiger partial charge in [-0.2, -0.15) is 0 Å². The van der Waals surface area contributed by atoms with Crippen LogP contribution in [0.25, 0.3) is 0 Å². The van der Waals surface area contributed by atoms with Crippen LogP contribution in [0.15, 0.2) is 18.2 Å². The molecule has 0 heterocycles. The Hall–Kier alpha value is -0.530. The molecule has 0 atom stereocenters. The molecule has 2 heteroatoms. The third-order valence-corrected chi connectivity index (χ3v) is 2.67. The summed E-state index contributed by atoms with van der Waals surface area (Å²) >= 11 is 6.10. The van der Waals surface area contributed by atoms with Gasteiger partial charge in [-0.15, -0.1) is 0 Å². The van der Waals surface area contributed by atoms with Gasteiger partial charge in [-0.25, -0.2) is 0 Å². The van der Waals surface area contributed by atoms with Crippen molar-refractivity contribution >= 4 is 11.6 Å². The molecule has 0 aliphatic heterocycles.